The fraction of sp³-hybridized carbons (Fsp3) is 0.0204. The maximum absolute atomic E-state index is 6.51. The van der Waals surface area contributed by atoms with Crippen LogP contribution >= 0.6 is 0 Å². The molecule has 1 aliphatic rings. The molecule has 5 nitrogen and oxygen atoms in total. The lowest BCUT2D eigenvalue weighted by atomic mass is 9.97. The van der Waals surface area contributed by atoms with Gasteiger partial charge in [-0.25, -0.2) is 9.98 Å². The summed E-state index contributed by atoms with van der Waals surface area (Å²) in [5, 5.41) is 10.1. The zero-order valence-electron chi connectivity index (χ0n) is 29.0. The van der Waals surface area contributed by atoms with Gasteiger partial charge in [0, 0.05) is 38.2 Å². The topological polar surface area (TPSA) is 63.0 Å². The van der Waals surface area contributed by atoms with E-state index in [2.05, 4.69) is 139 Å². The molecule has 2 aromatic heterocycles. The Morgan fingerprint density at radius 2 is 0.981 bits per heavy atom. The minimum Gasteiger partial charge on any atom is -0.456 e. The van der Waals surface area contributed by atoms with E-state index in [0.717, 1.165) is 94.1 Å². The van der Waals surface area contributed by atoms with E-state index in [-0.39, 0.29) is 0 Å². The SMILES string of the molecule is c1ccc(-c2cccc(-c3ccc4oc5cccc(C6N=C(c7ccc8oc9ccccc9c8c7)NC(c7cccc8ccccc78)=N6)c5c4c3)c2)cc1. The van der Waals surface area contributed by atoms with Gasteiger partial charge < -0.3 is 14.2 Å². The first-order valence-corrected chi connectivity index (χ1v) is 18.2. The Bertz CT molecular complexity index is 3150. The predicted octanol–water partition coefficient (Wildman–Crippen LogP) is 12.5. The summed E-state index contributed by atoms with van der Waals surface area (Å²) in [5.74, 6) is 1.51. The van der Waals surface area contributed by atoms with Crippen molar-refractivity contribution in [2.45, 2.75) is 6.17 Å². The van der Waals surface area contributed by atoms with Crippen LogP contribution < -0.4 is 5.32 Å². The molecule has 1 aliphatic heterocycles. The minimum atomic E-state index is -0.540. The van der Waals surface area contributed by atoms with Gasteiger partial charge in [0.15, 0.2) is 6.17 Å². The summed E-state index contributed by atoms with van der Waals surface area (Å²) < 4.78 is 12.7. The van der Waals surface area contributed by atoms with Crippen molar-refractivity contribution in [2.24, 2.45) is 9.98 Å². The number of fused-ring (bicyclic) bond motifs is 7. The zero-order chi connectivity index (χ0) is 35.6. The number of amidine groups is 2. The van der Waals surface area contributed by atoms with Gasteiger partial charge in [-0.05, 0) is 81.6 Å². The Labute approximate surface area is 310 Å². The Balaban J connectivity index is 1.09. The first kappa shape index (κ1) is 30.4. The molecule has 0 aliphatic carbocycles. The number of hydrogen-bond acceptors (Lipinski definition) is 5. The third-order valence-corrected chi connectivity index (χ3v) is 10.5. The molecule has 0 saturated carbocycles. The average Bonchev–Trinajstić information content (AvgIpc) is 3.81. The van der Waals surface area contributed by atoms with Crippen molar-refractivity contribution in [2.75, 3.05) is 0 Å². The molecule has 11 rings (SSSR count). The fourth-order valence-corrected chi connectivity index (χ4v) is 7.94. The van der Waals surface area contributed by atoms with Crippen LogP contribution in [0.4, 0.5) is 0 Å². The van der Waals surface area contributed by atoms with Crippen molar-refractivity contribution in [3.63, 3.8) is 0 Å². The highest BCUT2D eigenvalue weighted by Crippen LogP contribution is 2.40. The van der Waals surface area contributed by atoms with E-state index in [1.54, 1.807) is 0 Å². The Kier molecular flexibility index (Phi) is 6.85. The summed E-state index contributed by atoms with van der Waals surface area (Å²) >= 11 is 0. The Morgan fingerprint density at radius 1 is 0.389 bits per heavy atom. The molecule has 1 N–H and O–H groups in total. The quantitative estimate of drug-likeness (QED) is 0.195. The number of hydrogen-bond donors (Lipinski definition) is 1. The van der Waals surface area contributed by atoms with Crippen LogP contribution in [0.1, 0.15) is 22.9 Å². The number of benzene rings is 8. The van der Waals surface area contributed by atoms with Gasteiger partial charge in [-0.3, -0.25) is 0 Å². The number of nitrogens with zero attached hydrogens (tertiary/aromatic N) is 2. The van der Waals surface area contributed by atoms with E-state index in [0.29, 0.717) is 0 Å². The van der Waals surface area contributed by atoms with E-state index < -0.39 is 6.17 Å². The smallest absolute Gasteiger partial charge is 0.170 e. The average molecular weight is 694 g/mol. The van der Waals surface area contributed by atoms with E-state index >= 15 is 0 Å². The largest absolute Gasteiger partial charge is 0.456 e. The van der Waals surface area contributed by atoms with Crippen LogP contribution in [0.3, 0.4) is 0 Å². The number of aliphatic imine (C=N–C) groups is 2. The third kappa shape index (κ3) is 5.01. The van der Waals surface area contributed by atoms with Crippen LogP contribution in [0.25, 0.3) is 76.9 Å². The lowest BCUT2D eigenvalue weighted by Crippen LogP contribution is -2.36. The molecule has 3 heterocycles. The lowest BCUT2D eigenvalue weighted by Gasteiger charge is -2.23. The molecule has 0 bridgehead atoms. The number of furan rings is 2. The molecule has 1 atom stereocenters. The molecule has 0 spiro atoms. The van der Waals surface area contributed by atoms with Crippen LogP contribution in [0, 0.1) is 0 Å². The molecule has 0 amide bonds. The summed E-state index contributed by atoms with van der Waals surface area (Å²) in [6.07, 6.45) is -0.540. The number of para-hydroxylation sites is 1. The van der Waals surface area contributed by atoms with Gasteiger partial charge in [-0.15, -0.1) is 0 Å². The van der Waals surface area contributed by atoms with E-state index in [9.17, 15) is 0 Å². The second-order valence-electron chi connectivity index (χ2n) is 13.8. The molecular weight excluding hydrogens is 663 g/mol. The highest BCUT2D eigenvalue weighted by molar-refractivity contribution is 6.21. The van der Waals surface area contributed by atoms with Gasteiger partial charge >= 0.3 is 0 Å². The van der Waals surface area contributed by atoms with Crippen molar-refractivity contribution in [3.8, 4) is 22.3 Å². The summed E-state index contributed by atoms with van der Waals surface area (Å²) in [6.45, 7) is 0. The number of rotatable bonds is 5. The van der Waals surface area contributed by atoms with Crippen LogP contribution in [-0.2, 0) is 0 Å². The van der Waals surface area contributed by atoms with Gasteiger partial charge in [-0.1, -0.05) is 127 Å². The summed E-state index contributed by atoms with van der Waals surface area (Å²) in [7, 11) is 0. The molecule has 0 fully saturated rings. The first-order valence-electron chi connectivity index (χ1n) is 18.2. The van der Waals surface area contributed by atoms with Crippen molar-refractivity contribution >= 4 is 66.3 Å². The van der Waals surface area contributed by atoms with Crippen LogP contribution in [0.15, 0.2) is 195 Å². The van der Waals surface area contributed by atoms with Crippen molar-refractivity contribution in [1.82, 2.24) is 5.32 Å². The van der Waals surface area contributed by atoms with Gasteiger partial charge in [-0.2, -0.15) is 0 Å². The van der Waals surface area contributed by atoms with E-state index in [4.69, 9.17) is 18.8 Å². The van der Waals surface area contributed by atoms with Crippen LogP contribution in [0.2, 0.25) is 0 Å². The Morgan fingerprint density at radius 3 is 1.89 bits per heavy atom. The van der Waals surface area contributed by atoms with E-state index in [1.165, 1.54) is 11.1 Å². The van der Waals surface area contributed by atoms with Crippen molar-refractivity contribution in [1.29, 1.82) is 0 Å². The lowest BCUT2D eigenvalue weighted by molar-refractivity contribution is 0.667. The van der Waals surface area contributed by atoms with Crippen molar-refractivity contribution < 1.29 is 8.83 Å². The van der Waals surface area contributed by atoms with Gasteiger partial charge in [0.05, 0.1) is 0 Å². The molecule has 10 aromatic rings. The molecule has 254 valence electrons. The summed E-state index contributed by atoms with van der Waals surface area (Å²) in [6, 6.07) is 61.1. The Hall–Kier alpha value is -7.24. The predicted molar refractivity (Wildman–Crippen MR) is 221 cm³/mol. The van der Waals surface area contributed by atoms with Crippen LogP contribution in [0.5, 0.6) is 0 Å². The normalized spacial score (nSPS) is 14.5. The molecule has 5 heteroatoms. The molecular formula is C49H31N3O2. The van der Waals surface area contributed by atoms with Gasteiger partial charge in [0.1, 0.15) is 34.0 Å². The van der Waals surface area contributed by atoms with E-state index in [1.807, 2.05) is 42.5 Å². The van der Waals surface area contributed by atoms with Gasteiger partial charge in [0.25, 0.3) is 0 Å². The minimum absolute atomic E-state index is 0.540. The molecule has 0 radical (unpaired) electrons. The standard InChI is InChI=1S/C49H31N3O2/c1-2-11-30(12-3-1)32-15-8-16-33(27-32)34-23-25-44-41(28-34)46-39(20-10-22-45(46)54-44)49-51-47(35-24-26-43-40(29-35)37-18-6-7-21-42(37)53-43)50-48(52-49)38-19-9-14-31-13-4-5-17-36(31)38/h1-29,49H,(H,50,51,52). The number of nitrogens with one attached hydrogen (secondary N) is 1. The van der Waals surface area contributed by atoms with Gasteiger partial charge in [0.2, 0.25) is 0 Å². The maximum Gasteiger partial charge on any atom is 0.170 e. The molecule has 54 heavy (non-hydrogen) atoms. The monoisotopic (exact) mass is 693 g/mol. The summed E-state index contributed by atoms with van der Waals surface area (Å²) in [5.41, 5.74) is 10.9. The van der Waals surface area contributed by atoms with Crippen molar-refractivity contribution in [3.05, 3.63) is 193 Å². The molecule has 1 unspecified atom stereocenters. The first-order chi connectivity index (χ1) is 26.7. The van der Waals surface area contributed by atoms with Crippen LogP contribution in [-0.4, -0.2) is 11.7 Å². The summed E-state index contributed by atoms with van der Waals surface area (Å²) in [4.78, 5) is 10.7. The highest BCUT2D eigenvalue weighted by atomic mass is 16.3. The zero-order valence-corrected chi connectivity index (χ0v) is 29.0. The maximum atomic E-state index is 6.51. The third-order valence-electron chi connectivity index (χ3n) is 10.5. The molecule has 0 saturated heterocycles. The fourth-order valence-electron chi connectivity index (χ4n) is 7.94. The second-order valence-corrected chi connectivity index (χ2v) is 13.8. The second kappa shape index (κ2) is 12.2. The highest BCUT2D eigenvalue weighted by Gasteiger charge is 2.25. The molecule has 8 aromatic carbocycles.